The molecule has 0 atom stereocenters. The number of anilines is 1. The molecule has 0 bridgehead atoms. The monoisotopic (exact) mass is 299 g/mol. The van der Waals surface area contributed by atoms with Crippen LogP contribution in [0.1, 0.15) is 32.3 Å². The van der Waals surface area contributed by atoms with E-state index in [-0.39, 0.29) is 16.3 Å². The second-order valence-corrected chi connectivity index (χ2v) is 8.54. The van der Waals surface area contributed by atoms with Gasteiger partial charge >= 0.3 is 0 Å². The molecule has 1 heterocycles. The molecule has 0 N–H and O–H groups in total. The molecule has 1 aromatic rings. The lowest BCUT2D eigenvalue weighted by Gasteiger charge is -2.34. The van der Waals surface area contributed by atoms with Crippen LogP contribution >= 0.6 is 0 Å². The molecule has 1 aliphatic rings. The zero-order chi connectivity index (χ0) is 14.9. The van der Waals surface area contributed by atoms with Crippen LogP contribution in [0.4, 0.5) is 10.1 Å². The largest absolute Gasteiger partial charge is 0.371 e. The smallest absolute Gasteiger partial charge is 0.155 e. The summed E-state index contributed by atoms with van der Waals surface area (Å²) < 4.78 is 37.5. The van der Waals surface area contributed by atoms with E-state index in [0.717, 1.165) is 11.3 Å². The molecular weight excluding hydrogens is 277 g/mol. The minimum Gasteiger partial charge on any atom is -0.371 e. The zero-order valence-electron chi connectivity index (χ0n) is 12.3. The van der Waals surface area contributed by atoms with Gasteiger partial charge in [-0.1, -0.05) is 0 Å². The van der Waals surface area contributed by atoms with Crippen LogP contribution in [0, 0.1) is 12.7 Å². The van der Waals surface area contributed by atoms with Gasteiger partial charge in [0.05, 0.1) is 10.5 Å². The molecule has 1 aromatic carbocycles. The van der Waals surface area contributed by atoms with Gasteiger partial charge in [-0.15, -0.1) is 0 Å². The highest BCUT2D eigenvalue weighted by Gasteiger charge is 2.32. The number of sulfone groups is 1. The Kier molecular flexibility index (Phi) is 4.37. The summed E-state index contributed by atoms with van der Waals surface area (Å²) in [5, 5.41) is -0.550. The van der Waals surface area contributed by atoms with Crippen LogP contribution in [0.3, 0.4) is 0 Å². The Hall–Kier alpha value is -1.10. The minimum atomic E-state index is -3.01. The summed E-state index contributed by atoms with van der Waals surface area (Å²) in [5.41, 5.74) is 1.90. The molecule has 0 radical (unpaired) electrons. The Bertz CT molecular complexity index is 576. The van der Waals surface area contributed by atoms with Gasteiger partial charge in [0.2, 0.25) is 0 Å². The molecule has 0 aliphatic carbocycles. The van der Waals surface area contributed by atoms with E-state index in [1.54, 1.807) is 19.9 Å². The topological polar surface area (TPSA) is 37.4 Å². The second-order valence-electron chi connectivity index (χ2n) is 5.75. The van der Waals surface area contributed by atoms with Crippen LogP contribution in [0.25, 0.3) is 0 Å². The van der Waals surface area contributed by atoms with Crippen molar-refractivity contribution in [2.45, 2.75) is 44.1 Å². The summed E-state index contributed by atoms with van der Waals surface area (Å²) in [5.74, 6) is -0.233. The third-order valence-corrected chi connectivity index (χ3v) is 6.78. The molecule has 1 aliphatic heterocycles. The SMILES string of the molecule is Cc1cc(F)ccc1N1CCC(S(=O)(=O)C(C)C)CC1. The fourth-order valence-electron chi connectivity index (χ4n) is 2.78. The van der Waals surface area contributed by atoms with E-state index in [1.807, 2.05) is 6.92 Å². The average Bonchev–Trinajstić information content (AvgIpc) is 2.38. The van der Waals surface area contributed by atoms with Crippen LogP contribution in [-0.4, -0.2) is 32.0 Å². The van der Waals surface area contributed by atoms with E-state index < -0.39 is 9.84 Å². The van der Waals surface area contributed by atoms with E-state index in [1.165, 1.54) is 12.1 Å². The summed E-state index contributed by atoms with van der Waals surface area (Å²) in [6.45, 7) is 6.79. The summed E-state index contributed by atoms with van der Waals surface area (Å²) in [7, 11) is -3.01. The van der Waals surface area contributed by atoms with Gasteiger partial charge in [-0.05, 0) is 57.4 Å². The molecule has 20 heavy (non-hydrogen) atoms. The second kappa shape index (κ2) is 5.72. The number of piperidine rings is 1. The maximum atomic E-state index is 13.1. The Morgan fingerprint density at radius 2 is 1.85 bits per heavy atom. The standard InChI is InChI=1S/C15H22FNO2S/c1-11(2)20(18,19)14-6-8-17(9-7-14)15-5-4-13(16)10-12(15)3/h4-5,10-11,14H,6-9H2,1-3H3. The summed E-state index contributed by atoms with van der Waals surface area (Å²) >= 11 is 0. The van der Waals surface area contributed by atoms with Crippen molar-refractivity contribution in [2.75, 3.05) is 18.0 Å². The first-order valence-electron chi connectivity index (χ1n) is 7.06. The third-order valence-electron chi connectivity index (χ3n) is 4.06. The number of benzene rings is 1. The van der Waals surface area contributed by atoms with Gasteiger partial charge in [0.15, 0.2) is 9.84 Å². The van der Waals surface area contributed by atoms with Crippen molar-refractivity contribution in [3.63, 3.8) is 0 Å². The Balaban J connectivity index is 2.08. The molecule has 3 nitrogen and oxygen atoms in total. The molecule has 2 rings (SSSR count). The first-order valence-corrected chi connectivity index (χ1v) is 8.67. The molecule has 0 unspecified atom stereocenters. The number of aryl methyl sites for hydroxylation is 1. The van der Waals surface area contributed by atoms with Crippen molar-refractivity contribution >= 4 is 15.5 Å². The Morgan fingerprint density at radius 1 is 1.25 bits per heavy atom. The molecule has 5 heteroatoms. The summed E-state index contributed by atoms with van der Waals surface area (Å²) in [4.78, 5) is 2.15. The summed E-state index contributed by atoms with van der Waals surface area (Å²) in [6.07, 6.45) is 1.30. The molecule has 0 spiro atoms. The molecule has 112 valence electrons. The lowest BCUT2D eigenvalue weighted by Crippen LogP contribution is -2.41. The lowest BCUT2D eigenvalue weighted by atomic mass is 10.1. The normalized spacial score (nSPS) is 17.8. The van der Waals surface area contributed by atoms with Gasteiger partial charge in [0, 0.05) is 18.8 Å². The molecule has 0 amide bonds. The molecular formula is C15H22FNO2S. The average molecular weight is 299 g/mol. The zero-order valence-corrected chi connectivity index (χ0v) is 13.1. The van der Waals surface area contributed by atoms with Gasteiger partial charge < -0.3 is 4.90 Å². The summed E-state index contributed by atoms with van der Waals surface area (Å²) in [6, 6.07) is 4.76. The predicted molar refractivity (Wildman–Crippen MR) is 80.4 cm³/mol. The number of rotatable bonds is 3. The highest BCUT2D eigenvalue weighted by molar-refractivity contribution is 7.92. The van der Waals surface area contributed by atoms with Crippen LogP contribution in [0.5, 0.6) is 0 Å². The Morgan fingerprint density at radius 3 is 2.35 bits per heavy atom. The number of hydrogen-bond acceptors (Lipinski definition) is 3. The fourth-order valence-corrected chi connectivity index (χ4v) is 4.42. The van der Waals surface area contributed by atoms with Gasteiger partial charge in [-0.2, -0.15) is 0 Å². The van der Waals surface area contributed by atoms with Gasteiger partial charge in [0.1, 0.15) is 5.82 Å². The van der Waals surface area contributed by atoms with Crippen molar-refractivity contribution in [1.82, 2.24) is 0 Å². The highest BCUT2D eigenvalue weighted by Crippen LogP contribution is 2.27. The molecule has 0 aromatic heterocycles. The predicted octanol–water partition coefficient (Wildman–Crippen LogP) is 2.93. The number of halogens is 1. The van der Waals surface area contributed by atoms with Crippen molar-refractivity contribution in [3.05, 3.63) is 29.6 Å². The van der Waals surface area contributed by atoms with Gasteiger partial charge in [-0.25, -0.2) is 12.8 Å². The van der Waals surface area contributed by atoms with E-state index in [4.69, 9.17) is 0 Å². The molecule has 1 fully saturated rings. The van der Waals surface area contributed by atoms with Crippen molar-refractivity contribution in [2.24, 2.45) is 0 Å². The van der Waals surface area contributed by atoms with Crippen molar-refractivity contribution in [1.29, 1.82) is 0 Å². The van der Waals surface area contributed by atoms with E-state index in [2.05, 4.69) is 4.90 Å². The number of nitrogens with zero attached hydrogens (tertiary/aromatic N) is 1. The maximum absolute atomic E-state index is 13.1. The quantitative estimate of drug-likeness (QED) is 0.861. The highest BCUT2D eigenvalue weighted by atomic mass is 32.2. The Labute approximate surface area is 120 Å². The maximum Gasteiger partial charge on any atom is 0.155 e. The molecule has 0 saturated carbocycles. The van der Waals surface area contributed by atoms with Crippen LogP contribution in [0.2, 0.25) is 0 Å². The first-order chi connectivity index (χ1) is 9.32. The van der Waals surface area contributed by atoms with Crippen molar-refractivity contribution < 1.29 is 12.8 Å². The van der Waals surface area contributed by atoms with Gasteiger partial charge in [0.25, 0.3) is 0 Å². The number of hydrogen-bond donors (Lipinski definition) is 0. The lowest BCUT2D eigenvalue weighted by molar-refractivity contribution is 0.523. The molecule has 1 saturated heterocycles. The fraction of sp³-hybridized carbons (Fsp3) is 0.600. The van der Waals surface area contributed by atoms with E-state index in [0.29, 0.717) is 25.9 Å². The van der Waals surface area contributed by atoms with Crippen LogP contribution in [-0.2, 0) is 9.84 Å². The van der Waals surface area contributed by atoms with Gasteiger partial charge in [-0.3, -0.25) is 0 Å². The van der Waals surface area contributed by atoms with Crippen LogP contribution in [0.15, 0.2) is 18.2 Å². The van der Waals surface area contributed by atoms with E-state index >= 15 is 0 Å². The van der Waals surface area contributed by atoms with Crippen molar-refractivity contribution in [3.8, 4) is 0 Å². The minimum absolute atomic E-state index is 0.233. The third kappa shape index (κ3) is 2.97. The van der Waals surface area contributed by atoms with E-state index in [9.17, 15) is 12.8 Å². The van der Waals surface area contributed by atoms with Crippen LogP contribution < -0.4 is 4.90 Å². The first kappa shape index (κ1) is 15.3.